The summed E-state index contributed by atoms with van der Waals surface area (Å²) in [7, 11) is -1.18. The summed E-state index contributed by atoms with van der Waals surface area (Å²) in [6.07, 6.45) is 0. The largest absolute Gasteiger partial charge is 0.467 e. The summed E-state index contributed by atoms with van der Waals surface area (Å²) in [5.41, 5.74) is 8.89. The number of ether oxygens (including phenoxy) is 2. The van der Waals surface area contributed by atoms with Crippen LogP contribution in [0.4, 0.5) is 5.69 Å². The molecule has 0 saturated heterocycles. The van der Waals surface area contributed by atoms with Crippen molar-refractivity contribution in [3.63, 3.8) is 0 Å². The molecule has 0 aliphatic heterocycles. The molecule has 0 aliphatic carbocycles. The highest BCUT2D eigenvalue weighted by molar-refractivity contribution is 6.76. The van der Waals surface area contributed by atoms with Crippen molar-refractivity contribution in [2.24, 2.45) is 0 Å². The Morgan fingerprint density at radius 2 is 1.81 bits per heavy atom. The molecule has 0 atom stereocenters. The first-order valence-corrected chi connectivity index (χ1v) is 14.0. The fourth-order valence-electron chi connectivity index (χ4n) is 3.50. The highest BCUT2D eigenvalue weighted by atomic mass is 28.3. The van der Waals surface area contributed by atoms with Gasteiger partial charge in [-0.25, -0.2) is 4.79 Å². The molecule has 0 bridgehead atoms. The topological polar surface area (TPSA) is 87.8 Å². The van der Waals surface area contributed by atoms with Gasteiger partial charge in [0, 0.05) is 31.7 Å². The number of furan rings is 1. The maximum absolute atomic E-state index is 12.3. The van der Waals surface area contributed by atoms with Gasteiger partial charge in [0.1, 0.15) is 16.9 Å². The highest BCUT2D eigenvalue weighted by Crippen LogP contribution is 2.41. The quantitative estimate of drug-likeness (QED) is 0.170. The van der Waals surface area contributed by atoms with Crippen LogP contribution in [0.25, 0.3) is 33.3 Å². The van der Waals surface area contributed by atoms with Crippen LogP contribution in [-0.4, -0.2) is 21.5 Å². The number of hydrogen-bond donors (Lipinski definition) is 1. The van der Waals surface area contributed by atoms with Gasteiger partial charge in [-0.2, -0.15) is 0 Å². The van der Waals surface area contributed by atoms with E-state index in [2.05, 4.69) is 19.6 Å². The first kappa shape index (κ1) is 21.2. The molecule has 0 spiro atoms. The smallest absolute Gasteiger partial charge is 0.336 e. The van der Waals surface area contributed by atoms with Gasteiger partial charge in [-0.3, -0.25) is 0 Å². The van der Waals surface area contributed by atoms with Crippen molar-refractivity contribution >= 4 is 35.7 Å². The van der Waals surface area contributed by atoms with Crippen molar-refractivity contribution in [1.82, 2.24) is 0 Å². The van der Waals surface area contributed by atoms with E-state index in [1.54, 1.807) is 6.07 Å². The summed E-state index contributed by atoms with van der Waals surface area (Å²) in [5, 5.41) is 1.42. The van der Waals surface area contributed by atoms with Crippen LogP contribution in [0.1, 0.15) is 5.56 Å². The molecule has 0 fully saturated rings. The maximum atomic E-state index is 12.3. The molecule has 0 radical (unpaired) electrons. The standard InChI is InChI=1S/C24H27NO5Si/c1-15-11-19(28-14-27-9-10-31(2,3)4)22-17(13-21(26)29-20(22)12-15)24-23(25)16-7-5-6-8-18(16)30-24/h5-8,11-13H,9-10,14,25H2,1-4H3. The Morgan fingerprint density at radius 3 is 2.55 bits per heavy atom. The third-order valence-electron chi connectivity index (χ3n) is 5.13. The molecule has 31 heavy (non-hydrogen) atoms. The zero-order valence-corrected chi connectivity index (χ0v) is 19.3. The second kappa shape index (κ2) is 8.24. The fourth-order valence-corrected chi connectivity index (χ4v) is 4.25. The molecule has 162 valence electrons. The normalized spacial score (nSPS) is 12.0. The Bertz CT molecular complexity index is 1300. The molecule has 0 amide bonds. The number of nitrogens with two attached hydrogens (primary N) is 1. The Hall–Kier alpha value is -3.03. The lowest BCUT2D eigenvalue weighted by Crippen LogP contribution is -2.22. The molecule has 2 N–H and O–H groups in total. The molecule has 0 aliphatic rings. The van der Waals surface area contributed by atoms with E-state index in [1.807, 2.05) is 37.3 Å². The first-order valence-electron chi connectivity index (χ1n) is 10.3. The van der Waals surface area contributed by atoms with Crippen LogP contribution in [0.2, 0.25) is 25.7 Å². The van der Waals surface area contributed by atoms with E-state index in [9.17, 15) is 4.79 Å². The van der Waals surface area contributed by atoms with E-state index < -0.39 is 13.7 Å². The van der Waals surface area contributed by atoms with E-state index >= 15 is 0 Å². The molecule has 0 saturated carbocycles. The molecular weight excluding hydrogens is 410 g/mol. The van der Waals surface area contributed by atoms with Gasteiger partial charge in [-0.05, 0) is 42.8 Å². The van der Waals surface area contributed by atoms with Gasteiger partial charge >= 0.3 is 5.63 Å². The monoisotopic (exact) mass is 437 g/mol. The Kier molecular flexibility index (Phi) is 5.64. The lowest BCUT2D eigenvalue weighted by atomic mass is 10.0. The lowest BCUT2D eigenvalue weighted by molar-refractivity contribution is 0.0229. The van der Waals surface area contributed by atoms with Crippen molar-refractivity contribution in [2.45, 2.75) is 32.6 Å². The zero-order chi connectivity index (χ0) is 22.2. The number of benzene rings is 2. The van der Waals surface area contributed by atoms with Crippen LogP contribution >= 0.6 is 0 Å². The van der Waals surface area contributed by atoms with Crippen molar-refractivity contribution in [3.8, 4) is 17.1 Å². The fraction of sp³-hybridized carbons (Fsp3) is 0.292. The van der Waals surface area contributed by atoms with Crippen LogP contribution in [0.5, 0.6) is 5.75 Å². The number of anilines is 1. The predicted octanol–water partition coefficient (Wildman–Crippen LogP) is 5.79. The van der Waals surface area contributed by atoms with E-state index in [-0.39, 0.29) is 6.79 Å². The predicted molar refractivity (Wildman–Crippen MR) is 126 cm³/mol. The summed E-state index contributed by atoms with van der Waals surface area (Å²) < 4.78 is 23.2. The summed E-state index contributed by atoms with van der Waals surface area (Å²) in [6, 6.07) is 13.7. The number of hydrogen-bond acceptors (Lipinski definition) is 6. The Morgan fingerprint density at radius 1 is 1.03 bits per heavy atom. The minimum atomic E-state index is -1.18. The molecule has 4 rings (SSSR count). The molecule has 6 nitrogen and oxygen atoms in total. The van der Waals surface area contributed by atoms with Crippen LogP contribution in [-0.2, 0) is 4.74 Å². The lowest BCUT2D eigenvalue weighted by Gasteiger charge is -2.16. The molecule has 2 aromatic heterocycles. The van der Waals surface area contributed by atoms with E-state index in [0.717, 1.165) is 17.0 Å². The van der Waals surface area contributed by atoms with E-state index in [1.165, 1.54) is 6.07 Å². The number of aryl methyl sites for hydroxylation is 1. The average Bonchev–Trinajstić information content (AvgIpc) is 3.02. The van der Waals surface area contributed by atoms with E-state index in [0.29, 0.717) is 45.9 Å². The molecular formula is C24H27NO5Si. The van der Waals surface area contributed by atoms with Gasteiger partial charge in [-0.1, -0.05) is 31.8 Å². The molecule has 4 aromatic rings. The van der Waals surface area contributed by atoms with Crippen LogP contribution in [0.15, 0.2) is 56.1 Å². The Labute approximate surface area is 181 Å². The van der Waals surface area contributed by atoms with Gasteiger partial charge < -0.3 is 24.0 Å². The SMILES string of the molecule is Cc1cc(OCOCC[Si](C)(C)C)c2c(-c3oc4ccccc4c3N)cc(=O)oc2c1. The first-order chi connectivity index (χ1) is 14.7. The molecule has 2 heterocycles. The summed E-state index contributed by atoms with van der Waals surface area (Å²) in [5.74, 6) is 0.981. The summed E-state index contributed by atoms with van der Waals surface area (Å²) in [4.78, 5) is 12.3. The van der Waals surface area contributed by atoms with E-state index in [4.69, 9.17) is 24.0 Å². The third-order valence-corrected chi connectivity index (χ3v) is 6.83. The molecule has 0 unspecified atom stereocenters. The molecule has 7 heteroatoms. The van der Waals surface area contributed by atoms with Gasteiger partial charge in [0.15, 0.2) is 12.6 Å². The van der Waals surface area contributed by atoms with Crippen LogP contribution in [0.3, 0.4) is 0 Å². The van der Waals surface area contributed by atoms with Crippen molar-refractivity contribution in [2.75, 3.05) is 19.1 Å². The van der Waals surface area contributed by atoms with Gasteiger partial charge in [0.25, 0.3) is 0 Å². The van der Waals surface area contributed by atoms with Crippen LogP contribution in [0, 0.1) is 6.92 Å². The maximum Gasteiger partial charge on any atom is 0.336 e. The third kappa shape index (κ3) is 4.52. The van der Waals surface area contributed by atoms with Gasteiger partial charge in [0.05, 0.1) is 11.1 Å². The minimum Gasteiger partial charge on any atom is -0.467 e. The number of fused-ring (bicyclic) bond motifs is 2. The van der Waals surface area contributed by atoms with Crippen molar-refractivity contribution in [1.29, 1.82) is 0 Å². The van der Waals surface area contributed by atoms with Crippen LogP contribution < -0.4 is 16.1 Å². The molecule has 2 aromatic carbocycles. The second-order valence-corrected chi connectivity index (χ2v) is 14.6. The number of para-hydroxylation sites is 1. The average molecular weight is 438 g/mol. The summed E-state index contributed by atoms with van der Waals surface area (Å²) in [6.45, 7) is 9.58. The van der Waals surface area contributed by atoms with Crippen molar-refractivity contribution < 1.29 is 18.3 Å². The van der Waals surface area contributed by atoms with Gasteiger partial charge in [0.2, 0.25) is 0 Å². The van der Waals surface area contributed by atoms with Gasteiger partial charge in [-0.15, -0.1) is 0 Å². The Balaban J connectivity index is 1.77. The number of rotatable bonds is 7. The highest BCUT2D eigenvalue weighted by Gasteiger charge is 2.21. The number of nitrogen functional groups attached to an aromatic ring is 1. The second-order valence-electron chi connectivity index (χ2n) is 8.94. The minimum absolute atomic E-state index is 0.108. The van der Waals surface area contributed by atoms with Crippen molar-refractivity contribution in [3.05, 3.63) is 58.4 Å². The zero-order valence-electron chi connectivity index (χ0n) is 18.3. The summed E-state index contributed by atoms with van der Waals surface area (Å²) >= 11 is 0.